The second-order valence-corrected chi connectivity index (χ2v) is 10.5. The molecule has 6 heteroatoms. The first-order chi connectivity index (χ1) is 13.8. The van der Waals surface area contributed by atoms with E-state index in [2.05, 4.69) is 42.7 Å². The maximum atomic E-state index is 9.72. The zero-order valence-electron chi connectivity index (χ0n) is 19.3. The Morgan fingerprint density at radius 3 is 2.72 bits per heavy atom. The van der Waals surface area contributed by atoms with E-state index in [-0.39, 0.29) is 12.0 Å². The number of likely N-dealkylation sites (N-methyl/N-ethyl adjacent to an activating group) is 2. The highest BCUT2D eigenvalue weighted by Gasteiger charge is 2.38. The van der Waals surface area contributed by atoms with Crippen LogP contribution in [0.1, 0.15) is 75.7 Å². The Balaban J connectivity index is 1.75. The van der Waals surface area contributed by atoms with Gasteiger partial charge in [0, 0.05) is 31.8 Å². The van der Waals surface area contributed by atoms with Gasteiger partial charge in [-0.05, 0) is 62.9 Å². The van der Waals surface area contributed by atoms with Crippen LogP contribution in [0.3, 0.4) is 0 Å². The van der Waals surface area contributed by atoms with E-state index < -0.39 is 0 Å². The predicted octanol–water partition coefficient (Wildman–Crippen LogP) is 3.14. The lowest BCUT2D eigenvalue weighted by Gasteiger charge is -2.42. The van der Waals surface area contributed by atoms with Gasteiger partial charge >= 0.3 is 0 Å². The summed E-state index contributed by atoms with van der Waals surface area (Å²) in [6, 6.07) is 0. The van der Waals surface area contributed by atoms with Crippen molar-refractivity contribution in [2.24, 2.45) is 10.8 Å². The first-order valence-corrected chi connectivity index (χ1v) is 11.4. The lowest BCUT2D eigenvalue weighted by Crippen LogP contribution is -2.32. The summed E-state index contributed by atoms with van der Waals surface area (Å²) in [4.78, 5) is 2.37. The summed E-state index contributed by atoms with van der Waals surface area (Å²) in [5, 5.41) is 18.0. The van der Waals surface area contributed by atoms with Gasteiger partial charge < -0.3 is 15.2 Å². The van der Waals surface area contributed by atoms with Gasteiger partial charge in [-0.1, -0.05) is 20.8 Å². The maximum absolute atomic E-state index is 9.72. The molecule has 166 valence electrons. The molecule has 3 rings (SSSR count). The summed E-state index contributed by atoms with van der Waals surface area (Å²) < 4.78 is 8.03. The Bertz CT molecular complexity index is 662. The second kappa shape index (κ2) is 9.46. The van der Waals surface area contributed by atoms with E-state index >= 15 is 0 Å². The molecule has 1 aliphatic heterocycles. The van der Waals surface area contributed by atoms with Gasteiger partial charge in [-0.2, -0.15) is 5.10 Å². The predicted molar refractivity (Wildman–Crippen MR) is 117 cm³/mol. The smallest absolute Gasteiger partial charge is 0.0888 e. The summed E-state index contributed by atoms with van der Waals surface area (Å²) >= 11 is 0. The molecule has 0 bridgehead atoms. The van der Waals surface area contributed by atoms with Crippen molar-refractivity contribution in [2.75, 3.05) is 40.4 Å². The van der Waals surface area contributed by atoms with Gasteiger partial charge in [-0.25, -0.2) is 0 Å². The molecule has 0 amide bonds. The summed E-state index contributed by atoms with van der Waals surface area (Å²) in [5.41, 5.74) is 4.39. The Hall–Kier alpha value is -0.950. The minimum absolute atomic E-state index is 0.00743. The van der Waals surface area contributed by atoms with E-state index in [1.807, 2.05) is 7.05 Å². The van der Waals surface area contributed by atoms with Crippen molar-refractivity contribution in [1.29, 1.82) is 0 Å². The van der Waals surface area contributed by atoms with Gasteiger partial charge in [0.05, 0.1) is 31.1 Å². The third-order valence-corrected chi connectivity index (χ3v) is 6.96. The monoisotopic (exact) mass is 406 g/mol. The van der Waals surface area contributed by atoms with Gasteiger partial charge in [0.1, 0.15) is 0 Å². The minimum atomic E-state index is 0.00743. The number of nitrogens with one attached hydrogen (secondary N) is 1. The molecule has 1 fully saturated rings. The number of hydrogen-bond acceptors (Lipinski definition) is 5. The van der Waals surface area contributed by atoms with Crippen molar-refractivity contribution in [1.82, 2.24) is 20.0 Å². The van der Waals surface area contributed by atoms with Crippen molar-refractivity contribution in [3.8, 4) is 0 Å². The van der Waals surface area contributed by atoms with Crippen molar-refractivity contribution >= 4 is 0 Å². The van der Waals surface area contributed by atoms with E-state index in [9.17, 15) is 5.11 Å². The molecule has 2 aliphatic rings. The quantitative estimate of drug-likeness (QED) is 0.660. The fourth-order valence-corrected chi connectivity index (χ4v) is 5.44. The summed E-state index contributed by atoms with van der Waals surface area (Å²) in [6.45, 7) is 12.3. The van der Waals surface area contributed by atoms with Crippen molar-refractivity contribution < 1.29 is 9.84 Å². The molecule has 1 aromatic rings. The largest absolute Gasteiger partial charge is 0.396 e. The van der Waals surface area contributed by atoms with E-state index in [0.29, 0.717) is 17.9 Å². The fourth-order valence-electron chi connectivity index (χ4n) is 5.44. The SMILES string of the molecule is CNCCN(C)Cc1nn2c(c1C1CCC(C)(CC(C)(C)CO)CC1)COCC2. The summed E-state index contributed by atoms with van der Waals surface area (Å²) in [5.74, 6) is 0.582. The molecule has 0 atom stereocenters. The third-order valence-electron chi connectivity index (χ3n) is 6.96. The number of rotatable bonds is 9. The van der Waals surface area contributed by atoms with Crippen LogP contribution in [0.15, 0.2) is 0 Å². The summed E-state index contributed by atoms with van der Waals surface area (Å²) in [7, 11) is 4.19. The number of aliphatic hydroxyl groups excluding tert-OH is 1. The van der Waals surface area contributed by atoms with Gasteiger partial charge in [0.15, 0.2) is 0 Å². The van der Waals surface area contributed by atoms with E-state index in [0.717, 1.165) is 39.2 Å². The number of ether oxygens (including phenoxy) is 1. The molecule has 1 aliphatic carbocycles. The molecule has 0 spiro atoms. The van der Waals surface area contributed by atoms with E-state index in [4.69, 9.17) is 9.84 Å². The minimum Gasteiger partial charge on any atom is -0.396 e. The lowest BCUT2D eigenvalue weighted by atomic mass is 9.63. The molecule has 0 radical (unpaired) electrons. The molecule has 0 aromatic carbocycles. The Labute approximate surface area is 177 Å². The standard InChI is InChI=1S/C23H42N4O2/c1-22(2,17-28)16-23(3)8-6-18(7-9-23)21-19(14-26(5)11-10-24-4)25-27-12-13-29-15-20(21)27/h18,24,28H,6-17H2,1-5H3. The fraction of sp³-hybridized carbons (Fsp3) is 0.870. The molecule has 6 nitrogen and oxygen atoms in total. The molecule has 2 heterocycles. The zero-order valence-corrected chi connectivity index (χ0v) is 19.3. The summed E-state index contributed by atoms with van der Waals surface area (Å²) in [6.07, 6.45) is 5.97. The topological polar surface area (TPSA) is 62.6 Å². The van der Waals surface area contributed by atoms with E-state index in [1.54, 1.807) is 0 Å². The van der Waals surface area contributed by atoms with Crippen LogP contribution in [-0.4, -0.2) is 60.2 Å². The molecule has 29 heavy (non-hydrogen) atoms. The maximum Gasteiger partial charge on any atom is 0.0888 e. The number of aromatic nitrogens is 2. The molecular formula is C23H42N4O2. The number of fused-ring (bicyclic) bond motifs is 1. The molecule has 0 unspecified atom stereocenters. The van der Waals surface area contributed by atoms with Crippen LogP contribution in [0.4, 0.5) is 0 Å². The zero-order chi connectivity index (χ0) is 21.1. The Morgan fingerprint density at radius 1 is 1.34 bits per heavy atom. The van der Waals surface area contributed by atoms with Crippen molar-refractivity contribution in [3.05, 3.63) is 17.0 Å². The highest BCUT2D eigenvalue weighted by Crippen LogP contribution is 2.49. The van der Waals surface area contributed by atoms with Gasteiger partial charge in [0.2, 0.25) is 0 Å². The van der Waals surface area contributed by atoms with Crippen molar-refractivity contribution in [2.45, 2.75) is 78.5 Å². The van der Waals surface area contributed by atoms with Crippen LogP contribution in [-0.2, 0) is 24.4 Å². The van der Waals surface area contributed by atoms with Crippen LogP contribution in [0.2, 0.25) is 0 Å². The third kappa shape index (κ3) is 5.60. The first-order valence-electron chi connectivity index (χ1n) is 11.4. The second-order valence-electron chi connectivity index (χ2n) is 10.5. The molecule has 1 aromatic heterocycles. The van der Waals surface area contributed by atoms with Crippen LogP contribution >= 0.6 is 0 Å². The van der Waals surface area contributed by atoms with Gasteiger partial charge in [0.25, 0.3) is 0 Å². The number of nitrogens with zero attached hydrogens (tertiary/aromatic N) is 3. The van der Waals surface area contributed by atoms with E-state index in [1.165, 1.54) is 42.6 Å². The van der Waals surface area contributed by atoms with Gasteiger partial charge in [-0.15, -0.1) is 0 Å². The van der Waals surface area contributed by atoms with Crippen molar-refractivity contribution in [3.63, 3.8) is 0 Å². The van der Waals surface area contributed by atoms with Gasteiger partial charge in [-0.3, -0.25) is 9.58 Å². The van der Waals surface area contributed by atoms with Crippen LogP contribution in [0.25, 0.3) is 0 Å². The molecule has 2 N–H and O–H groups in total. The number of aliphatic hydroxyl groups is 1. The van der Waals surface area contributed by atoms with Crippen LogP contribution < -0.4 is 5.32 Å². The average Bonchev–Trinajstić information content (AvgIpc) is 3.04. The number of hydrogen-bond donors (Lipinski definition) is 2. The highest BCUT2D eigenvalue weighted by atomic mass is 16.5. The molecule has 0 saturated heterocycles. The first kappa shape index (κ1) is 22.7. The molecular weight excluding hydrogens is 364 g/mol. The van der Waals surface area contributed by atoms with Crippen LogP contribution in [0.5, 0.6) is 0 Å². The normalized spacial score (nSPS) is 25.4. The Kier molecular flexibility index (Phi) is 7.41. The van der Waals surface area contributed by atoms with Crippen LogP contribution in [0, 0.1) is 10.8 Å². The lowest BCUT2D eigenvalue weighted by molar-refractivity contribution is 0.0661. The molecule has 1 saturated carbocycles. The highest BCUT2D eigenvalue weighted by molar-refractivity contribution is 5.31. The Morgan fingerprint density at radius 2 is 2.07 bits per heavy atom. The average molecular weight is 407 g/mol.